The number of fused-ring (bicyclic) bond motifs is 1. The first kappa shape index (κ1) is 23.2. The van der Waals surface area contributed by atoms with Crippen molar-refractivity contribution in [3.05, 3.63) is 70.1 Å². The van der Waals surface area contributed by atoms with Crippen molar-refractivity contribution in [2.45, 2.75) is 19.1 Å². The molecule has 0 aliphatic carbocycles. The number of aromatic nitrogens is 4. The molecular formula is C21H16ClF3N8O. The minimum atomic E-state index is -4.51. The number of alkyl halides is 3. The van der Waals surface area contributed by atoms with Gasteiger partial charge in [-0.1, -0.05) is 17.7 Å². The summed E-state index contributed by atoms with van der Waals surface area (Å²) in [6, 6.07) is 7.97. The van der Waals surface area contributed by atoms with Crippen molar-refractivity contribution in [2.24, 2.45) is 0 Å². The second-order valence-corrected chi connectivity index (χ2v) is 7.70. The molecule has 1 amide bonds. The number of nitrogens with zero attached hydrogens (tertiary/aromatic N) is 6. The molecule has 0 atom stereocenters. The molecule has 0 saturated heterocycles. The van der Waals surface area contributed by atoms with Gasteiger partial charge in [0.25, 0.3) is 5.91 Å². The molecule has 2 aromatic heterocycles. The van der Waals surface area contributed by atoms with E-state index in [1.54, 1.807) is 17.4 Å². The van der Waals surface area contributed by atoms with Crippen LogP contribution in [-0.2, 0) is 13.0 Å². The number of anilines is 3. The van der Waals surface area contributed by atoms with E-state index in [0.717, 1.165) is 16.9 Å². The van der Waals surface area contributed by atoms with E-state index in [4.69, 9.17) is 18.2 Å². The number of carbonyl (C=O) groups is 1. The zero-order valence-electron chi connectivity index (χ0n) is 17.4. The van der Waals surface area contributed by atoms with Crippen LogP contribution >= 0.6 is 11.6 Å². The number of halogens is 4. The zero-order chi connectivity index (χ0) is 24.3. The van der Waals surface area contributed by atoms with E-state index in [1.165, 1.54) is 18.5 Å². The van der Waals surface area contributed by atoms with Gasteiger partial charge in [0.1, 0.15) is 18.7 Å². The molecule has 9 nitrogen and oxygen atoms in total. The molecule has 3 heterocycles. The van der Waals surface area contributed by atoms with Crippen LogP contribution in [0.3, 0.4) is 0 Å². The van der Waals surface area contributed by atoms with Crippen LogP contribution in [-0.4, -0.2) is 45.3 Å². The molecule has 34 heavy (non-hydrogen) atoms. The van der Waals surface area contributed by atoms with Gasteiger partial charge in [-0.05, 0) is 30.7 Å². The molecule has 4 rings (SSSR count). The molecular weight excluding hydrogens is 473 g/mol. The molecule has 1 aromatic carbocycles. The largest absolute Gasteiger partial charge is 0.405 e. The molecule has 3 aromatic rings. The summed E-state index contributed by atoms with van der Waals surface area (Å²) in [4.78, 5) is 25.9. The van der Waals surface area contributed by atoms with Crippen molar-refractivity contribution in [3.63, 3.8) is 0 Å². The number of amides is 1. The van der Waals surface area contributed by atoms with Crippen LogP contribution in [0.15, 0.2) is 36.7 Å². The maximum absolute atomic E-state index is 12.3. The molecule has 0 saturated carbocycles. The van der Waals surface area contributed by atoms with Crippen molar-refractivity contribution in [1.29, 1.82) is 0 Å². The van der Waals surface area contributed by atoms with Crippen LogP contribution in [0, 0.1) is 6.57 Å². The van der Waals surface area contributed by atoms with E-state index in [1.807, 2.05) is 6.07 Å². The summed E-state index contributed by atoms with van der Waals surface area (Å²) in [5.74, 6) is -0.174. The molecule has 0 radical (unpaired) electrons. The molecule has 174 valence electrons. The number of carbonyl (C=O) groups excluding carboxylic acids is 1. The lowest BCUT2D eigenvalue weighted by Crippen LogP contribution is -2.34. The van der Waals surface area contributed by atoms with Crippen LogP contribution in [0.2, 0.25) is 5.02 Å². The van der Waals surface area contributed by atoms with Gasteiger partial charge in [0.05, 0.1) is 18.8 Å². The van der Waals surface area contributed by atoms with Gasteiger partial charge in [0.2, 0.25) is 5.69 Å². The fraction of sp³-hybridized carbons (Fsp3) is 0.238. The number of benzene rings is 1. The van der Waals surface area contributed by atoms with E-state index in [0.29, 0.717) is 36.0 Å². The van der Waals surface area contributed by atoms with Crippen LogP contribution in [0.5, 0.6) is 0 Å². The van der Waals surface area contributed by atoms with Crippen molar-refractivity contribution >= 4 is 40.5 Å². The van der Waals surface area contributed by atoms with Gasteiger partial charge >= 0.3 is 6.18 Å². The summed E-state index contributed by atoms with van der Waals surface area (Å²) >= 11 is 6.17. The minimum Gasteiger partial charge on any atom is -0.365 e. The molecule has 13 heteroatoms. The molecule has 2 N–H and O–H groups in total. The monoisotopic (exact) mass is 488 g/mol. The number of rotatable bonds is 5. The van der Waals surface area contributed by atoms with E-state index >= 15 is 0 Å². The van der Waals surface area contributed by atoms with Crippen molar-refractivity contribution < 1.29 is 18.0 Å². The topological polar surface area (TPSA) is 100 Å². The Kier molecular flexibility index (Phi) is 6.47. The standard InChI is InChI=1S/C21H16ClF3N8O/c1-26-15-3-2-12(8-14(15)22)33-7-6-13-17(9-33)28-11-29-19(13)30-18-5-4-16(31-32-18)20(34)27-10-21(23,24)25/h2-5,8,11H,6-7,9-10H2,(H,27,34)(H,28,29,30,32). The van der Waals surface area contributed by atoms with Gasteiger partial charge in [0.15, 0.2) is 11.5 Å². The van der Waals surface area contributed by atoms with E-state index in [9.17, 15) is 18.0 Å². The van der Waals surface area contributed by atoms with E-state index < -0.39 is 18.6 Å². The molecule has 0 spiro atoms. The highest BCUT2D eigenvalue weighted by atomic mass is 35.5. The smallest absolute Gasteiger partial charge is 0.365 e. The predicted molar refractivity (Wildman–Crippen MR) is 118 cm³/mol. The lowest BCUT2D eigenvalue weighted by Gasteiger charge is -2.31. The van der Waals surface area contributed by atoms with Gasteiger partial charge in [0, 0.05) is 22.8 Å². The summed E-state index contributed by atoms with van der Waals surface area (Å²) in [6.45, 7) is 6.83. The molecule has 1 aliphatic rings. The maximum atomic E-state index is 12.3. The highest BCUT2D eigenvalue weighted by molar-refractivity contribution is 6.33. The third-order valence-electron chi connectivity index (χ3n) is 5.02. The SMILES string of the molecule is [C-]#[N+]c1ccc(N2CCc3c(ncnc3Nc3ccc(C(=O)NCC(F)(F)F)nn3)C2)cc1Cl. The second-order valence-electron chi connectivity index (χ2n) is 7.29. The van der Waals surface area contributed by atoms with Crippen molar-refractivity contribution in [1.82, 2.24) is 25.5 Å². The fourth-order valence-corrected chi connectivity index (χ4v) is 3.60. The van der Waals surface area contributed by atoms with Crippen LogP contribution in [0.1, 0.15) is 21.7 Å². The van der Waals surface area contributed by atoms with Gasteiger partial charge in [-0.2, -0.15) is 13.2 Å². The Balaban J connectivity index is 1.45. The quantitative estimate of drug-likeness (QED) is 0.522. The average molecular weight is 489 g/mol. The van der Waals surface area contributed by atoms with Crippen molar-refractivity contribution in [2.75, 3.05) is 23.3 Å². The molecule has 0 unspecified atom stereocenters. The fourth-order valence-electron chi connectivity index (χ4n) is 3.38. The Labute approximate surface area is 196 Å². The highest BCUT2D eigenvalue weighted by Gasteiger charge is 2.28. The summed E-state index contributed by atoms with van der Waals surface area (Å²) in [5.41, 5.74) is 2.71. The van der Waals surface area contributed by atoms with E-state index in [-0.39, 0.29) is 11.5 Å². The molecule has 1 aliphatic heterocycles. The molecule has 0 bridgehead atoms. The lowest BCUT2D eigenvalue weighted by atomic mass is 10.0. The first-order chi connectivity index (χ1) is 16.2. The normalized spacial score (nSPS) is 13.1. The maximum Gasteiger partial charge on any atom is 0.405 e. The Morgan fingerprint density at radius 2 is 2.03 bits per heavy atom. The first-order valence-electron chi connectivity index (χ1n) is 9.94. The van der Waals surface area contributed by atoms with E-state index in [2.05, 4.69) is 35.2 Å². The highest BCUT2D eigenvalue weighted by Crippen LogP contribution is 2.33. The van der Waals surface area contributed by atoms with Gasteiger partial charge in [-0.3, -0.25) is 4.79 Å². The lowest BCUT2D eigenvalue weighted by molar-refractivity contribution is -0.123. The summed E-state index contributed by atoms with van der Waals surface area (Å²) in [7, 11) is 0. The number of hydrogen-bond donors (Lipinski definition) is 2. The summed E-state index contributed by atoms with van der Waals surface area (Å²) in [6.07, 6.45) is -2.49. The van der Waals surface area contributed by atoms with Gasteiger partial charge in [-0.25, -0.2) is 14.8 Å². The van der Waals surface area contributed by atoms with Gasteiger partial charge < -0.3 is 15.5 Å². The number of nitrogens with one attached hydrogen (secondary N) is 2. The van der Waals surface area contributed by atoms with Gasteiger partial charge in [-0.15, -0.1) is 10.2 Å². The van der Waals surface area contributed by atoms with Crippen LogP contribution in [0.25, 0.3) is 4.85 Å². The Morgan fingerprint density at radius 1 is 1.21 bits per heavy atom. The minimum absolute atomic E-state index is 0.238. The average Bonchev–Trinajstić information content (AvgIpc) is 2.82. The van der Waals surface area contributed by atoms with Crippen molar-refractivity contribution in [3.8, 4) is 0 Å². The predicted octanol–water partition coefficient (Wildman–Crippen LogP) is 4.07. The summed E-state index contributed by atoms with van der Waals surface area (Å²) in [5, 5.41) is 12.7. The Bertz CT molecular complexity index is 1260. The number of hydrogen-bond acceptors (Lipinski definition) is 7. The van der Waals surface area contributed by atoms with Crippen LogP contribution in [0.4, 0.5) is 36.2 Å². The third-order valence-corrected chi connectivity index (χ3v) is 5.32. The third kappa shape index (κ3) is 5.32. The first-order valence-corrected chi connectivity index (χ1v) is 10.3. The second kappa shape index (κ2) is 9.48. The molecule has 0 fully saturated rings. The van der Waals surface area contributed by atoms with Crippen LogP contribution < -0.4 is 15.5 Å². The Morgan fingerprint density at radius 3 is 2.71 bits per heavy atom. The zero-order valence-corrected chi connectivity index (χ0v) is 18.2. The summed E-state index contributed by atoms with van der Waals surface area (Å²) < 4.78 is 36.8. The Hall–Kier alpha value is -3.98.